The Balaban J connectivity index is 1.50. The molecule has 0 aromatic heterocycles. The molecule has 2 heterocycles. The zero-order chi connectivity index (χ0) is 27.5. The molecule has 3 aromatic rings. The number of unbranched alkanes of at least 4 members (excludes halogenated alkanes) is 1. The van der Waals surface area contributed by atoms with Gasteiger partial charge in [-0.25, -0.2) is 4.39 Å². The molecular weight excluding hydrogens is 499 g/mol. The van der Waals surface area contributed by atoms with Gasteiger partial charge in [0.1, 0.15) is 5.82 Å². The Morgan fingerprint density at radius 2 is 1.77 bits per heavy atom. The quantitative estimate of drug-likeness (QED) is 0.390. The minimum atomic E-state index is -0.969. The van der Waals surface area contributed by atoms with E-state index in [0.717, 1.165) is 29.7 Å². The van der Waals surface area contributed by atoms with E-state index < -0.39 is 29.7 Å². The van der Waals surface area contributed by atoms with Gasteiger partial charge in [0.25, 0.3) is 0 Å². The lowest BCUT2D eigenvalue weighted by Gasteiger charge is -2.30. The highest BCUT2D eigenvalue weighted by Crippen LogP contribution is 2.47. The summed E-state index contributed by atoms with van der Waals surface area (Å²) in [6.07, 6.45) is 1.78. The minimum Gasteiger partial charge on any atom is -0.481 e. The smallest absolute Gasteiger partial charge is 0.309 e. The number of amides is 1. The molecule has 7 nitrogen and oxygen atoms in total. The van der Waals surface area contributed by atoms with Crippen LogP contribution in [-0.4, -0.2) is 48.3 Å². The van der Waals surface area contributed by atoms with Crippen molar-refractivity contribution < 1.29 is 28.6 Å². The fourth-order valence-electron chi connectivity index (χ4n) is 5.70. The zero-order valence-electron chi connectivity index (χ0n) is 22.2. The number of likely N-dealkylation sites (tertiary alicyclic amines) is 1. The lowest BCUT2D eigenvalue weighted by Crippen LogP contribution is -2.41. The van der Waals surface area contributed by atoms with Gasteiger partial charge in [-0.2, -0.15) is 0 Å². The predicted octanol–water partition coefficient (Wildman–Crippen LogP) is 5.54. The van der Waals surface area contributed by atoms with Crippen molar-refractivity contribution in [3.63, 3.8) is 0 Å². The SMILES string of the molecule is CCCCN(C(=O)CN1CC(c2ccc3c(c2)OCO3)C(C(=O)O)C1c1ccc(F)cc1)c1cccc(C)c1. The van der Waals surface area contributed by atoms with Crippen LogP contribution in [0.3, 0.4) is 0 Å². The predicted molar refractivity (Wildman–Crippen MR) is 146 cm³/mol. The number of nitrogens with zero attached hydrogens (tertiary/aromatic N) is 2. The number of carboxylic acid groups (broad SMARTS) is 1. The summed E-state index contributed by atoms with van der Waals surface area (Å²) in [6.45, 7) is 5.14. The number of rotatable bonds is 9. The second-order valence-electron chi connectivity index (χ2n) is 10.2. The molecule has 204 valence electrons. The van der Waals surface area contributed by atoms with E-state index >= 15 is 0 Å². The van der Waals surface area contributed by atoms with Gasteiger partial charge in [-0.15, -0.1) is 0 Å². The number of hydrogen-bond acceptors (Lipinski definition) is 5. The number of aryl methyl sites for hydroxylation is 1. The van der Waals surface area contributed by atoms with E-state index in [1.807, 2.05) is 48.2 Å². The maximum atomic E-state index is 13.9. The summed E-state index contributed by atoms with van der Waals surface area (Å²) in [4.78, 5) is 30.4. The van der Waals surface area contributed by atoms with Crippen LogP contribution < -0.4 is 14.4 Å². The van der Waals surface area contributed by atoms with E-state index in [0.29, 0.717) is 30.2 Å². The van der Waals surface area contributed by atoms with Crippen LogP contribution in [0.25, 0.3) is 0 Å². The number of carbonyl (C=O) groups excluding carboxylic acids is 1. The number of halogens is 1. The number of hydrogen-bond donors (Lipinski definition) is 1. The molecule has 3 aromatic carbocycles. The Hall–Kier alpha value is -3.91. The van der Waals surface area contributed by atoms with Crippen LogP contribution in [0.15, 0.2) is 66.7 Å². The first-order valence-corrected chi connectivity index (χ1v) is 13.3. The van der Waals surface area contributed by atoms with Crippen molar-refractivity contribution in [1.29, 1.82) is 0 Å². The molecule has 3 atom stereocenters. The number of fused-ring (bicyclic) bond motifs is 1. The van der Waals surface area contributed by atoms with Gasteiger partial charge in [-0.05, 0) is 66.4 Å². The summed E-state index contributed by atoms with van der Waals surface area (Å²) in [5, 5.41) is 10.5. The normalized spacial score (nSPS) is 20.2. The molecule has 2 aliphatic rings. The van der Waals surface area contributed by atoms with Gasteiger partial charge < -0.3 is 19.5 Å². The molecular formula is C31H33FN2O5. The molecule has 1 saturated heterocycles. The Morgan fingerprint density at radius 1 is 1.03 bits per heavy atom. The van der Waals surface area contributed by atoms with Crippen molar-refractivity contribution in [3.05, 3.63) is 89.2 Å². The number of carboxylic acids is 1. The molecule has 0 radical (unpaired) electrons. The van der Waals surface area contributed by atoms with Crippen LogP contribution in [0.4, 0.5) is 10.1 Å². The number of benzene rings is 3. The molecule has 3 unspecified atom stereocenters. The lowest BCUT2D eigenvalue weighted by molar-refractivity contribution is -0.143. The number of aliphatic carboxylic acids is 1. The average Bonchev–Trinajstić information content (AvgIpc) is 3.54. The minimum absolute atomic E-state index is 0.0323. The van der Waals surface area contributed by atoms with Crippen LogP contribution in [0.1, 0.15) is 48.4 Å². The highest BCUT2D eigenvalue weighted by Gasteiger charge is 2.48. The van der Waals surface area contributed by atoms with Crippen LogP contribution in [-0.2, 0) is 9.59 Å². The van der Waals surface area contributed by atoms with E-state index in [9.17, 15) is 19.1 Å². The van der Waals surface area contributed by atoms with Crippen molar-refractivity contribution >= 4 is 17.6 Å². The second kappa shape index (κ2) is 11.5. The van der Waals surface area contributed by atoms with E-state index in [-0.39, 0.29) is 19.2 Å². The fourth-order valence-corrected chi connectivity index (χ4v) is 5.70. The van der Waals surface area contributed by atoms with Crippen molar-refractivity contribution in [2.75, 3.05) is 31.3 Å². The van der Waals surface area contributed by atoms with Gasteiger partial charge in [-0.1, -0.05) is 43.7 Å². The van der Waals surface area contributed by atoms with Crippen LogP contribution in [0.5, 0.6) is 11.5 Å². The van der Waals surface area contributed by atoms with E-state index in [4.69, 9.17) is 9.47 Å². The molecule has 1 amide bonds. The Kier molecular flexibility index (Phi) is 7.84. The first kappa shape index (κ1) is 26.7. The van der Waals surface area contributed by atoms with Gasteiger partial charge in [0.15, 0.2) is 11.5 Å². The average molecular weight is 533 g/mol. The third kappa shape index (κ3) is 5.61. The summed E-state index contributed by atoms with van der Waals surface area (Å²) < 4.78 is 24.8. The third-order valence-corrected chi connectivity index (χ3v) is 7.61. The van der Waals surface area contributed by atoms with E-state index in [2.05, 4.69) is 6.92 Å². The Morgan fingerprint density at radius 3 is 2.49 bits per heavy atom. The largest absolute Gasteiger partial charge is 0.481 e. The number of anilines is 1. The number of ether oxygens (including phenoxy) is 2. The number of carbonyl (C=O) groups is 2. The molecule has 0 spiro atoms. The summed E-state index contributed by atoms with van der Waals surface area (Å²) in [5.41, 5.74) is 3.35. The lowest BCUT2D eigenvalue weighted by atomic mass is 9.83. The monoisotopic (exact) mass is 532 g/mol. The fraction of sp³-hybridized carbons (Fsp3) is 0.355. The van der Waals surface area contributed by atoms with Gasteiger partial charge in [0, 0.05) is 30.7 Å². The van der Waals surface area contributed by atoms with Gasteiger partial charge in [0.05, 0.1) is 12.5 Å². The van der Waals surface area contributed by atoms with Gasteiger partial charge in [0.2, 0.25) is 12.7 Å². The topological polar surface area (TPSA) is 79.3 Å². The van der Waals surface area contributed by atoms with Gasteiger partial charge >= 0.3 is 5.97 Å². The van der Waals surface area contributed by atoms with Crippen molar-refractivity contribution in [2.45, 2.75) is 38.6 Å². The maximum absolute atomic E-state index is 13.9. The highest BCUT2D eigenvalue weighted by molar-refractivity contribution is 5.95. The molecule has 0 saturated carbocycles. The molecule has 1 N–H and O–H groups in total. The molecule has 5 rings (SSSR count). The van der Waals surface area contributed by atoms with Crippen LogP contribution >= 0.6 is 0 Å². The Labute approximate surface area is 227 Å². The highest BCUT2D eigenvalue weighted by atomic mass is 19.1. The van der Waals surface area contributed by atoms with E-state index in [1.54, 1.807) is 23.1 Å². The molecule has 2 aliphatic heterocycles. The third-order valence-electron chi connectivity index (χ3n) is 7.61. The molecule has 0 bridgehead atoms. The van der Waals surface area contributed by atoms with E-state index in [1.165, 1.54) is 12.1 Å². The summed E-state index contributed by atoms with van der Waals surface area (Å²) in [7, 11) is 0. The first-order chi connectivity index (χ1) is 18.9. The molecule has 8 heteroatoms. The molecule has 1 fully saturated rings. The Bertz CT molecular complexity index is 1350. The van der Waals surface area contributed by atoms with Crippen molar-refractivity contribution in [2.24, 2.45) is 5.92 Å². The summed E-state index contributed by atoms with van der Waals surface area (Å²) in [6, 6.07) is 18.6. The van der Waals surface area contributed by atoms with Crippen molar-refractivity contribution in [3.8, 4) is 11.5 Å². The van der Waals surface area contributed by atoms with Gasteiger partial charge in [-0.3, -0.25) is 14.5 Å². The summed E-state index contributed by atoms with van der Waals surface area (Å²) in [5.74, 6) is -1.54. The van der Waals surface area contributed by atoms with Crippen molar-refractivity contribution in [1.82, 2.24) is 4.90 Å². The standard InChI is InChI=1S/C31H33FN2O5/c1-3-4-14-34(24-7-5-6-20(2)15-24)28(35)18-33-17-25(22-10-13-26-27(16-22)39-19-38-26)29(31(36)37)30(33)21-8-11-23(32)12-9-21/h5-13,15-16,25,29-30H,3-4,14,17-19H2,1-2H3,(H,36,37). The molecule has 0 aliphatic carbocycles. The zero-order valence-corrected chi connectivity index (χ0v) is 22.2. The maximum Gasteiger partial charge on any atom is 0.309 e. The van der Waals surface area contributed by atoms with Crippen LogP contribution in [0.2, 0.25) is 0 Å². The second-order valence-corrected chi connectivity index (χ2v) is 10.2. The summed E-state index contributed by atoms with van der Waals surface area (Å²) >= 11 is 0. The molecule has 39 heavy (non-hydrogen) atoms. The van der Waals surface area contributed by atoms with Crippen LogP contribution in [0, 0.1) is 18.7 Å². The first-order valence-electron chi connectivity index (χ1n) is 13.3.